The van der Waals surface area contributed by atoms with E-state index in [0.29, 0.717) is 41.3 Å². The highest BCUT2D eigenvalue weighted by Gasteiger charge is 2.35. The topological polar surface area (TPSA) is 163 Å². The van der Waals surface area contributed by atoms with Gasteiger partial charge in [0.15, 0.2) is 0 Å². The fourth-order valence-electron chi connectivity index (χ4n) is 5.15. The first-order chi connectivity index (χ1) is 21.1. The van der Waals surface area contributed by atoms with Crippen molar-refractivity contribution in [3.8, 4) is 5.75 Å². The van der Waals surface area contributed by atoms with Gasteiger partial charge in [0, 0.05) is 30.5 Å². The number of primary amides is 2. The fourth-order valence-corrected chi connectivity index (χ4v) is 5.15. The minimum Gasteiger partial charge on any atom is -0.491 e. The monoisotopic (exact) mass is 597 g/mol. The molecule has 0 saturated heterocycles. The molecule has 0 aliphatic heterocycles. The molecule has 0 heterocycles. The van der Waals surface area contributed by atoms with Crippen molar-refractivity contribution in [3.05, 3.63) is 126 Å². The Labute approximate surface area is 257 Å². The number of aliphatic hydroxyl groups excluding tert-OH is 1. The van der Waals surface area contributed by atoms with Gasteiger partial charge in [0.2, 0.25) is 0 Å². The first kappa shape index (κ1) is 32.0. The van der Waals surface area contributed by atoms with E-state index >= 15 is 0 Å². The SMILES string of the molecule is C[C@@H](CC(O)(c1ccc(NC(N)=O)cc1)c1ccc(NC(N)=O)cc1)N(Cc1ccccc1)C[C@H](O)COc1ccccc1. The third kappa shape index (κ3) is 9.05. The number of nitrogens with zero attached hydrogens (tertiary/aromatic N) is 1. The van der Waals surface area contributed by atoms with Gasteiger partial charge in [-0.1, -0.05) is 72.8 Å². The summed E-state index contributed by atoms with van der Waals surface area (Å²) in [6.45, 7) is 2.94. The van der Waals surface area contributed by atoms with Crippen LogP contribution in [0.5, 0.6) is 5.75 Å². The van der Waals surface area contributed by atoms with Crippen molar-refractivity contribution in [2.45, 2.75) is 37.6 Å². The number of anilines is 2. The van der Waals surface area contributed by atoms with E-state index in [1.165, 1.54) is 0 Å². The van der Waals surface area contributed by atoms with Gasteiger partial charge in [-0.25, -0.2) is 9.59 Å². The van der Waals surface area contributed by atoms with Crippen LogP contribution in [0.25, 0.3) is 0 Å². The van der Waals surface area contributed by atoms with Crippen LogP contribution in [0.15, 0.2) is 109 Å². The molecule has 10 heteroatoms. The third-order valence-electron chi connectivity index (χ3n) is 7.33. The normalized spacial score (nSPS) is 12.7. The van der Waals surface area contributed by atoms with Gasteiger partial charge >= 0.3 is 12.1 Å². The number of hydrogen-bond acceptors (Lipinski definition) is 6. The molecular formula is C34H39N5O5. The van der Waals surface area contributed by atoms with Crippen LogP contribution >= 0.6 is 0 Å². The number of amides is 4. The molecule has 10 nitrogen and oxygen atoms in total. The summed E-state index contributed by atoms with van der Waals surface area (Å²) in [6, 6.07) is 31.3. The smallest absolute Gasteiger partial charge is 0.316 e. The summed E-state index contributed by atoms with van der Waals surface area (Å²) in [6.07, 6.45) is -0.551. The van der Waals surface area contributed by atoms with E-state index in [1.54, 1.807) is 48.5 Å². The molecule has 230 valence electrons. The van der Waals surface area contributed by atoms with Gasteiger partial charge in [-0.3, -0.25) is 4.90 Å². The second-order valence-electron chi connectivity index (χ2n) is 10.7. The Morgan fingerprint density at radius 2 is 1.27 bits per heavy atom. The Morgan fingerprint density at radius 1 is 0.795 bits per heavy atom. The van der Waals surface area contributed by atoms with Crippen LogP contribution in [0, 0.1) is 0 Å². The number of aliphatic hydroxyl groups is 2. The molecule has 0 radical (unpaired) electrons. The van der Waals surface area contributed by atoms with Crippen molar-refractivity contribution < 1.29 is 24.5 Å². The number of rotatable bonds is 14. The second-order valence-corrected chi connectivity index (χ2v) is 10.7. The zero-order chi connectivity index (χ0) is 31.5. The van der Waals surface area contributed by atoms with Gasteiger partial charge in [-0.15, -0.1) is 0 Å². The number of urea groups is 2. The molecule has 0 fully saturated rings. The van der Waals surface area contributed by atoms with Crippen LogP contribution in [0.3, 0.4) is 0 Å². The zero-order valence-electron chi connectivity index (χ0n) is 24.6. The molecule has 0 unspecified atom stereocenters. The van der Waals surface area contributed by atoms with E-state index in [0.717, 1.165) is 5.56 Å². The number of hydrogen-bond donors (Lipinski definition) is 6. The molecule has 2 atom stereocenters. The molecule has 0 aliphatic rings. The van der Waals surface area contributed by atoms with Crippen LogP contribution in [0.1, 0.15) is 30.0 Å². The average molecular weight is 598 g/mol. The first-order valence-electron chi connectivity index (χ1n) is 14.3. The highest BCUT2D eigenvalue weighted by atomic mass is 16.5. The molecule has 0 saturated carbocycles. The van der Waals surface area contributed by atoms with Gasteiger partial charge in [0.05, 0.1) is 0 Å². The van der Waals surface area contributed by atoms with E-state index in [-0.39, 0.29) is 19.1 Å². The molecule has 0 aliphatic carbocycles. The number of benzene rings is 4. The standard InChI is InChI=1S/C34H39N5O5/c1-24(39(21-25-8-4-2-5-9-25)22-30(40)23-44-31-10-6-3-7-11-31)20-34(43,26-12-16-28(17-13-26)37-32(35)41)27-14-18-29(19-15-27)38-33(36)42/h2-19,24,30,40,43H,20-23H2,1H3,(H3,35,37,41)(H3,36,38,42)/t24-,30-/m0/s1. The molecule has 4 aromatic carbocycles. The molecule has 8 N–H and O–H groups in total. The van der Waals surface area contributed by atoms with E-state index in [2.05, 4.69) is 15.5 Å². The maximum atomic E-state index is 12.4. The molecule has 4 aromatic rings. The average Bonchev–Trinajstić information content (AvgIpc) is 3.01. The summed E-state index contributed by atoms with van der Waals surface area (Å²) in [7, 11) is 0. The van der Waals surface area contributed by atoms with Crippen molar-refractivity contribution in [1.29, 1.82) is 0 Å². The van der Waals surface area contributed by atoms with E-state index < -0.39 is 23.8 Å². The van der Waals surface area contributed by atoms with Crippen LogP contribution in [-0.2, 0) is 12.1 Å². The van der Waals surface area contributed by atoms with Gasteiger partial charge in [0.25, 0.3) is 0 Å². The quantitative estimate of drug-likeness (QED) is 0.124. The first-order valence-corrected chi connectivity index (χ1v) is 14.3. The van der Waals surface area contributed by atoms with Gasteiger partial charge in [-0.2, -0.15) is 0 Å². The van der Waals surface area contributed by atoms with Crippen LogP contribution in [0.2, 0.25) is 0 Å². The van der Waals surface area contributed by atoms with Gasteiger partial charge in [0.1, 0.15) is 24.1 Å². The Kier molecular flexibility index (Phi) is 10.9. The van der Waals surface area contributed by atoms with Crippen molar-refractivity contribution in [1.82, 2.24) is 4.90 Å². The lowest BCUT2D eigenvalue weighted by atomic mass is 9.81. The van der Waals surface area contributed by atoms with Crippen LogP contribution in [0.4, 0.5) is 21.0 Å². The van der Waals surface area contributed by atoms with Gasteiger partial charge in [-0.05, 0) is 66.4 Å². The van der Waals surface area contributed by atoms with E-state index in [4.69, 9.17) is 16.2 Å². The highest BCUT2D eigenvalue weighted by molar-refractivity contribution is 5.88. The summed E-state index contributed by atoms with van der Waals surface area (Å²) in [5, 5.41) is 28.5. The molecule has 0 bridgehead atoms. The summed E-state index contributed by atoms with van der Waals surface area (Å²) >= 11 is 0. The predicted octanol–water partition coefficient (Wildman–Crippen LogP) is 4.62. The molecule has 4 amide bonds. The number of carbonyl (C=O) groups excluding carboxylic acids is 2. The molecule has 4 rings (SSSR count). The lowest BCUT2D eigenvalue weighted by Crippen LogP contribution is -2.44. The Hall–Kier alpha value is -4.90. The minimum atomic E-state index is -1.49. The largest absolute Gasteiger partial charge is 0.491 e. The summed E-state index contributed by atoms with van der Waals surface area (Å²) in [4.78, 5) is 24.8. The van der Waals surface area contributed by atoms with E-state index in [9.17, 15) is 19.8 Å². The molecule has 0 aromatic heterocycles. The van der Waals surface area contributed by atoms with Crippen molar-refractivity contribution in [2.24, 2.45) is 11.5 Å². The Balaban J connectivity index is 1.62. The fraction of sp³-hybridized carbons (Fsp3) is 0.235. The number of nitrogens with two attached hydrogens (primary N) is 2. The Bertz CT molecular complexity index is 1430. The zero-order valence-corrected chi connectivity index (χ0v) is 24.6. The summed E-state index contributed by atoms with van der Waals surface area (Å²) in [5.74, 6) is 0.673. The number of para-hydroxylation sites is 1. The molecule has 0 spiro atoms. The molecular weight excluding hydrogens is 558 g/mol. The Morgan fingerprint density at radius 3 is 1.75 bits per heavy atom. The number of carbonyl (C=O) groups is 2. The minimum absolute atomic E-state index is 0.106. The third-order valence-corrected chi connectivity index (χ3v) is 7.33. The molecule has 44 heavy (non-hydrogen) atoms. The number of ether oxygens (including phenoxy) is 1. The van der Waals surface area contributed by atoms with Gasteiger partial charge < -0.3 is 37.1 Å². The van der Waals surface area contributed by atoms with Crippen molar-refractivity contribution >= 4 is 23.4 Å². The predicted molar refractivity (Wildman–Crippen MR) is 171 cm³/mol. The van der Waals surface area contributed by atoms with E-state index in [1.807, 2.05) is 67.6 Å². The van der Waals surface area contributed by atoms with Crippen molar-refractivity contribution in [2.75, 3.05) is 23.8 Å². The lowest BCUT2D eigenvalue weighted by molar-refractivity contribution is 0.0107. The van der Waals surface area contributed by atoms with Crippen molar-refractivity contribution in [3.63, 3.8) is 0 Å². The summed E-state index contributed by atoms with van der Waals surface area (Å²) < 4.78 is 5.81. The maximum Gasteiger partial charge on any atom is 0.316 e. The van der Waals surface area contributed by atoms with Crippen LogP contribution < -0.4 is 26.8 Å². The highest BCUT2D eigenvalue weighted by Crippen LogP contribution is 2.37. The maximum absolute atomic E-state index is 12.4. The second kappa shape index (κ2) is 15.0. The number of nitrogens with one attached hydrogen (secondary N) is 2. The lowest BCUT2D eigenvalue weighted by Gasteiger charge is -2.38. The summed E-state index contributed by atoms with van der Waals surface area (Å²) in [5.41, 5.74) is 12.3. The van der Waals surface area contributed by atoms with Crippen LogP contribution in [-0.4, -0.2) is 52.5 Å².